The zero-order valence-electron chi connectivity index (χ0n) is 9.90. The Morgan fingerprint density at radius 2 is 2.27 bits per heavy atom. The second-order valence-electron chi connectivity index (χ2n) is 4.62. The highest BCUT2D eigenvalue weighted by Crippen LogP contribution is 2.17. The largest absolute Gasteiger partial charge is 0.338 e. The number of carbonyl (C=O) groups is 1. The SMILES string of the molecule is CC(C)C(N)CC(=O)N1CCSCC1C. The molecule has 2 unspecified atom stereocenters. The highest BCUT2D eigenvalue weighted by Gasteiger charge is 2.25. The Bertz CT molecular complexity index is 221. The summed E-state index contributed by atoms with van der Waals surface area (Å²) < 4.78 is 0. The standard InChI is InChI=1S/C11H22N2OS/c1-8(2)10(12)6-11(14)13-4-5-15-7-9(13)3/h8-10H,4-7,12H2,1-3H3. The first-order valence-corrected chi connectivity index (χ1v) is 6.80. The van der Waals surface area contributed by atoms with Crippen molar-refractivity contribution in [2.45, 2.75) is 39.3 Å². The van der Waals surface area contributed by atoms with Gasteiger partial charge >= 0.3 is 0 Å². The van der Waals surface area contributed by atoms with E-state index in [2.05, 4.69) is 20.8 Å². The Morgan fingerprint density at radius 1 is 1.60 bits per heavy atom. The minimum absolute atomic E-state index is 0.000667. The molecule has 1 rings (SSSR count). The first kappa shape index (κ1) is 12.8. The molecule has 2 atom stereocenters. The fourth-order valence-corrected chi connectivity index (χ4v) is 2.67. The van der Waals surface area contributed by atoms with Crippen molar-refractivity contribution in [3.63, 3.8) is 0 Å². The Hall–Kier alpha value is -0.220. The van der Waals surface area contributed by atoms with Crippen molar-refractivity contribution in [3.8, 4) is 0 Å². The van der Waals surface area contributed by atoms with Gasteiger partial charge in [0.15, 0.2) is 0 Å². The third-order valence-corrected chi connectivity index (χ3v) is 4.14. The molecule has 0 aromatic rings. The fourth-order valence-electron chi connectivity index (χ4n) is 1.65. The molecule has 0 spiro atoms. The quantitative estimate of drug-likeness (QED) is 0.795. The van der Waals surface area contributed by atoms with E-state index in [4.69, 9.17) is 5.73 Å². The van der Waals surface area contributed by atoms with E-state index < -0.39 is 0 Å². The summed E-state index contributed by atoms with van der Waals surface area (Å²) in [6.45, 7) is 7.13. The van der Waals surface area contributed by atoms with Crippen LogP contribution in [0.3, 0.4) is 0 Å². The maximum Gasteiger partial charge on any atom is 0.224 e. The van der Waals surface area contributed by atoms with E-state index in [1.807, 2.05) is 16.7 Å². The molecule has 1 saturated heterocycles. The highest BCUT2D eigenvalue weighted by atomic mass is 32.2. The summed E-state index contributed by atoms with van der Waals surface area (Å²) in [6, 6.07) is 0.370. The lowest BCUT2D eigenvalue weighted by Gasteiger charge is -2.34. The molecule has 0 aliphatic carbocycles. The molecule has 1 fully saturated rings. The summed E-state index contributed by atoms with van der Waals surface area (Å²) in [5.41, 5.74) is 5.92. The zero-order chi connectivity index (χ0) is 11.4. The van der Waals surface area contributed by atoms with Gasteiger partial charge in [-0.2, -0.15) is 11.8 Å². The lowest BCUT2D eigenvalue weighted by Crippen LogP contribution is -2.46. The van der Waals surface area contributed by atoms with Crippen LogP contribution in [0.25, 0.3) is 0 Å². The van der Waals surface area contributed by atoms with Crippen molar-refractivity contribution >= 4 is 17.7 Å². The van der Waals surface area contributed by atoms with Gasteiger partial charge in [0.25, 0.3) is 0 Å². The van der Waals surface area contributed by atoms with E-state index >= 15 is 0 Å². The number of nitrogens with zero attached hydrogens (tertiary/aromatic N) is 1. The topological polar surface area (TPSA) is 46.3 Å². The van der Waals surface area contributed by atoms with E-state index in [0.717, 1.165) is 18.1 Å². The number of nitrogens with two attached hydrogens (primary N) is 1. The van der Waals surface area contributed by atoms with Crippen LogP contribution < -0.4 is 5.73 Å². The van der Waals surface area contributed by atoms with Gasteiger partial charge in [-0.1, -0.05) is 13.8 Å². The Kier molecular flexibility index (Phi) is 4.93. The first-order valence-electron chi connectivity index (χ1n) is 5.65. The van der Waals surface area contributed by atoms with Crippen LogP contribution in [0.1, 0.15) is 27.2 Å². The second-order valence-corrected chi connectivity index (χ2v) is 5.77. The van der Waals surface area contributed by atoms with Crippen LogP contribution in [0, 0.1) is 5.92 Å². The van der Waals surface area contributed by atoms with Crippen molar-refractivity contribution in [1.29, 1.82) is 0 Å². The summed E-state index contributed by atoms with van der Waals surface area (Å²) >= 11 is 1.92. The number of hydrogen-bond acceptors (Lipinski definition) is 3. The van der Waals surface area contributed by atoms with Gasteiger partial charge < -0.3 is 10.6 Å². The molecule has 0 saturated carbocycles. The Morgan fingerprint density at radius 3 is 2.80 bits per heavy atom. The van der Waals surface area contributed by atoms with Crippen molar-refractivity contribution in [2.24, 2.45) is 11.7 Å². The minimum atomic E-state index is -0.000667. The van der Waals surface area contributed by atoms with Gasteiger partial charge in [0, 0.05) is 36.6 Å². The maximum absolute atomic E-state index is 12.0. The minimum Gasteiger partial charge on any atom is -0.338 e. The van der Waals surface area contributed by atoms with E-state index in [1.54, 1.807) is 0 Å². The summed E-state index contributed by atoms with van der Waals surface area (Å²) in [6.07, 6.45) is 0.493. The van der Waals surface area contributed by atoms with Crippen molar-refractivity contribution in [3.05, 3.63) is 0 Å². The molecule has 4 heteroatoms. The normalized spacial score (nSPS) is 24.3. The van der Waals surface area contributed by atoms with Crippen LogP contribution >= 0.6 is 11.8 Å². The number of amides is 1. The highest BCUT2D eigenvalue weighted by molar-refractivity contribution is 7.99. The van der Waals surface area contributed by atoms with Crippen LogP contribution in [0.15, 0.2) is 0 Å². The van der Waals surface area contributed by atoms with Gasteiger partial charge in [-0.05, 0) is 12.8 Å². The molecule has 0 aromatic heterocycles. The monoisotopic (exact) mass is 230 g/mol. The summed E-state index contributed by atoms with van der Waals surface area (Å²) in [7, 11) is 0. The molecule has 1 heterocycles. The van der Waals surface area contributed by atoms with Gasteiger partial charge in [-0.15, -0.1) is 0 Å². The van der Waals surface area contributed by atoms with Crippen molar-refractivity contribution in [2.75, 3.05) is 18.1 Å². The van der Waals surface area contributed by atoms with Gasteiger partial charge in [0.2, 0.25) is 5.91 Å². The van der Waals surface area contributed by atoms with E-state index in [0.29, 0.717) is 18.4 Å². The van der Waals surface area contributed by atoms with Crippen LogP contribution in [0.4, 0.5) is 0 Å². The average molecular weight is 230 g/mol. The average Bonchev–Trinajstić information content (AvgIpc) is 2.18. The van der Waals surface area contributed by atoms with Gasteiger partial charge in [0.05, 0.1) is 0 Å². The molecule has 1 aliphatic rings. The number of rotatable bonds is 3. The lowest BCUT2D eigenvalue weighted by atomic mass is 10.0. The molecule has 1 amide bonds. The molecular weight excluding hydrogens is 208 g/mol. The third-order valence-electron chi connectivity index (χ3n) is 2.95. The Balaban J connectivity index is 2.45. The molecule has 2 N–H and O–H groups in total. The molecule has 0 radical (unpaired) electrons. The van der Waals surface area contributed by atoms with Crippen LogP contribution in [0.5, 0.6) is 0 Å². The van der Waals surface area contributed by atoms with Crippen molar-refractivity contribution in [1.82, 2.24) is 4.90 Å². The molecule has 3 nitrogen and oxygen atoms in total. The van der Waals surface area contributed by atoms with Crippen LogP contribution in [-0.2, 0) is 4.79 Å². The molecule has 0 aromatic carbocycles. The van der Waals surface area contributed by atoms with Gasteiger partial charge in [-0.25, -0.2) is 0 Å². The van der Waals surface area contributed by atoms with E-state index in [-0.39, 0.29) is 11.9 Å². The van der Waals surface area contributed by atoms with Crippen LogP contribution in [-0.4, -0.2) is 40.9 Å². The van der Waals surface area contributed by atoms with E-state index in [1.165, 1.54) is 0 Å². The molecule has 1 aliphatic heterocycles. The van der Waals surface area contributed by atoms with Crippen LogP contribution in [0.2, 0.25) is 0 Å². The predicted octanol–water partition coefficient (Wildman–Crippen LogP) is 1.32. The Labute approximate surface area is 96.8 Å². The second kappa shape index (κ2) is 5.75. The van der Waals surface area contributed by atoms with Gasteiger partial charge in [-0.3, -0.25) is 4.79 Å². The summed E-state index contributed by atoms with van der Waals surface area (Å²) in [5, 5.41) is 0. The fraction of sp³-hybridized carbons (Fsp3) is 0.909. The molecular formula is C11H22N2OS. The summed E-state index contributed by atoms with van der Waals surface area (Å²) in [4.78, 5) is 13.9. The molecule has 88 valence electrons. The number of hydrogen-bond donors (Lipinski definition) is 1. The smallest absolute Gasteiger partial charge is 0.224 e. The first-order chi connectivity index (χ1) is 7.02. The molecule has 15 heavy (non-hydrogen) atoms. The zero-order valence-corrected chi connectivity index (χ0v) is 10.7. The lowest BCUT2D eigenvalue weighted by molar-refractivity contribution is -0.133. The summed E-state index contributed by atoms with van der Waals surface area (Å²) in [5.74, 6) is 2.72. The number of carbonyl (C=O) groups excluding carboxylic acids is 1. The number of thioether (sulfide) groups is 1. The third kappa shape index (κ3) is 3.68. The molecule has 0 bridgehead atoms. The van der Waals surface area contributed by atoms with E-state index in [9.17, 15) is 4.79 Å². The van der Waals surface area contributed by atoms with Crippen molar-refractivity contribution < 1.29 is 4.79 Å². The maximum atomic E-state index is 12.0. The predicted molar refractivity (Wildman–Crippen MR) is 65.9 cm³/mol. The van der Waals surface area contributed by atoms with Gasteiger partial charge in [0.1, 0.15) is 0 Å².